The highest BCUT2D eigenvalue weighted by atomic mass is 35.5. The van der Waals surface area contributed by atoms with Crippen molar-refractivity contribution in [2.45, 2.75) is 0 Å². The second kappa shape index (κ2) is 2.06. The molecule has 0 saturated carbocycles. The van der Waals surface area contributed by atoms with E-state index in [9.17, 15) is 4.79 Å². The molecule has 48 valence electrons. The molecule has 0 spiro atoms. The summed E-state index contributed by atoms with van der Waals surface area (Å²) in [5, 5.41) is -0.620. The number of aromatic amines is 1. The van der Waals surface area contributed by atoms with Gasteiger partial charge in [-0.2, -0.15) is 0 Å². The molecule has 0 unspecified atom stereocenters. The van der Waals surface area contributed by atoms with Gasteiger partial charge in [0, 0.05) is 0 Å². The summed E-state index contributed by atoms with van der Waals surface area (Å²) in [5.74, 6) is 0.134. The summed E-state index contributed by atoms with van der Waals surface area (Å²) in [5.41, 5.74) is 5.34. The average Bonchev–Trinajstić information content (AvgIpc) is 2.13. The van der Waals surface area contributed by atoms with Gasteiger partial charge < -0.3 is 10.7 Å². The highest BCUT2D eigenvalue weighted by Crippen LogP contribution is 2.06. The Hall–Kier alpha value is -1.03. The van der Waals surface area contributed by atoms with Gasteiger partial charge in [-0.05, 0) is 11.6 Å². The van der Waals surface area contributed by atoms with Crippen molar-refractivity contribution < 1.29 is 4.79 Å². The van der Waals surface area contributed by atoms with E-state index >= 15 is 0 Å². The van der Waals surface area contributed by atoms with Crippen LogP contribution in [0.4, 0.5) is 5.82 Å². The molecule has 1 heterocycles. The predicted molar refractivity (Wildman–Crippen MR) is 33.2 cm³/mol. The third kappa shape index (κ3) is 1.02. The fraction of sp³-hybridized carbons (Fsp3) is 0. The second-order valence-electron chi connectivity index (χ2n) is 1.44. The number of hydrogen-bond donors (Lipinski definition) is 2. The Morgan fingerprint density at radius 1 is 1.89 bits per heavy atom. The Kier molecular flexibility index (Phi) is 1.40. The van der Waals surface area contributed by atoms with Crippen LogP contribution in [-0.2, 0) is 0 Å². The molecule has 0 aliphatic carbocycles. The van der Waals surface area contributed by atoms with E-state index in [0.717, 1.165) is 0 Å². The van der Waals surface area contributed by atoms with Crippen LogP contribution in [-0.4, -0.2) is 15.2 Å². The maximum atomic E-state index is 10.3. The van der Waals surface area contributed by atoms with Crippen LogP contribution in [0.3, 0.4) is 0 Å². The normalized spacial score (nSPS) is 9.44. The molecule has 9 heavy (non-hydrogen) atoms. The Balaban J connectivity index is 3.08. The van der Waals surface area contributed by atoms with E-state index in [1.54, 1.807) is 0 Å². The zero-order valence-electron chi connectivity index (χ0n) is 4.39. The van der Waals surface area contributed by atoms with Crippen molar-refractivity contribution >= 4 is 22.7 Å². The first-order valence-corrected chi connectivity index (χ1v) is 2.58. The van der Waals surface area contributed by atoms with Gasteiger partial charge in [0.25, 0.3) is 5.24 Å². The molecule has 0 aliphatic rings. The van der Waals surface area contributed by atoms with Crippen LogP contribution >= 0.6 is 11.6 Å². The maximum Gasteiger partial charge on any atom is 0.272 e. The van der Waals surface area contributed by atoms with Crippen LogP contribution in [0.2, 0.25) is 0 Å². The van der Waals surface area contributed by atoms with Crippen LogP contribution in [0.1, 0.15) is 10.5 Å². The summed E-state index contributed by atoms with van der Waals surface area (Å²) in [4.78, 5) is 16.4. The number of hydrogen-bond acceptors (Lipinski definition) is 3. The Labute approximate surface area is 56.0 Å². The molecule has 0 radical (unpaired) electrons. The highest BCUT2D eigenvalue weighted by Gasteiger charge is 2.06. The summed E-state index contributed by atoms with van der Waals surface area (Å²) in [7, 11) is 0. The second-order valence-corrected chi connectivity index (χ2v) is 1.78. The topological polar surface area (TPSA) is 71.8 Å². The molecule has 5 heteroatoms. The van der Waals surface area contributed by atoms with Gasteiger partial charge in [0.15, 0.2) is 5.82 Å². The summed E-state index contributed by atoms with van der Waals surface area (Å²) in [6, 6.07) is 0. The maximum absolute atomic E-state index is 10.3. The number of aromatic nitrogens is 2. The zero-order chi connectivity index (χ0) is 6.85. The van der Waals surface area contributed by atoms with Crippen LogP contribution < -0.4 is 5.73 Å². The largest absolute Gasteiger partial charge is 0.382 e. The third-order valence-electron chi connectivity index (χ3n) is 0.865. The van der Waals surface area contributed by atoms with E-state index in [2.05, 4.69) is 9.97 Å². The van der Waals surface area contributed by atoms with Crippen molar-refractivity contribution in [3.63, 3.8) is 0 Å². The minimum atomic E-state index is -0.620. The number of nitrogens with one attached hydrogen (secondary N) is 1. The Morgan fingerprint density at radius 3 is 2.78 bits per heavy atom. The third-order valence-corrected chi connectivity index (χ3v) is 1.05. The van der Waals surface area contributed by atoms with Crippen LogP contribution in [0.25, 0.3) is 0 Å². The minimum absolute atomic E-state index is 0.134. The zero-order valence-corrected chi connectivity index (χ0v) is 5.14. The number of carbonyl (C=O) groups excluding carboxylic acids is 1. The van der Waals surface area contributed by atoms with Gasteiger partial charge in [0.05, 0.1) is 6.33 Å². The molecule has 4 nitrogen and oxygen atoms in total. The molecule has 0 fully saturated rings. The fourth-order valence-corrected chi connectivity index (χ4v) is 0.614. The van der Waals surface area contributed by atoms with Crippen molar-refractivity contribution in [3.05, 3.63) is 12.0 Å². The van der Waals surface area contributed by atoms with E-state index < -0.39 is 5.24 Å². The number of rotatable bonds is 1. The van der Waals surface area contributed by atoms with Crippen molar-refractivity contribution in [1.29, 1.82) is 0 Å². The summed E-state index contributed by atoms with van der Waals surface area (Å²) >= 11 is 5.06. The van der Waals surface area contributed by atoms with Crippen molar-refractivity contribution in [2.24, 2.45) is 0 Å². The van der Waals surface area contributed by atoms with Gasteiger partial charge in [0.2, 0.25) is 0 Å². The number of halogens is 1. The number of carbonyl (C=O) groups is 1. The smallest absolute Gasteiger partial charge is 0.272 e. The lowest BCUT2D eigenvalue weighted by Gasteiger charge is -1.84. The quantitative estimate of drug-likeness (QED) is 0.561. The van der Waals surface area contributed by atoms with E-state index in [4.69, 9.17) is 17.3 Å². The molecule has 0 amide bonds. The lowest BCUT2D eigenvalue weighted by atomic mass is 10.5. The summed E-state index contributed by atoms with van der Waals surface area (Å²) < 4.78 is 0. The molecule has 0 bridgehead atoms. The van der Waals surface area contributed by atoms with Crippen LogP contribution in [0.5, 0.6) is 0 Å². The molecule has 1 rings (SSSR count). The number of H-pyrrole nitrogens is 1. The first-order chi connectivity index (χ1) is 4.22. The van der Waals surface area contributed by atoms with Gasteiger partial charge in [-0.3, -0.25) is 4.79 Å². The lowest BCUT2D eigenvalue weighted by molar-refractivity contribution is 0.107. The molecule has 1 aromatic heterocycles. The highest BCUT2D eigenvalue weighted by molar-refractivity contribution is 6.67. The van der Waals surface area contributed by atoms with Gasteiger partial charge in [-0.1, -0.05) is 0 Å². The van der Waals surface area contributed by atoms with E-state index in [1.165, 1.54) is 6.33 Å². The number of nitrogens with two attached hydrogens (primary N) is 1. The standard InChI is InChI=1S/C4H4ClN3O/c5-3(9)2-4(6)8-1-7-2/h1H,6H2,(H,7,8). The van der Waals surface area contributed by atoms with Gasteiger partial charge >= 0.3 is 0 Å². The molecular formula is C4H4ClN3O. The van der Waals surface area contributed by atoms with E-state index in [0.29, 0.717) is 0 Å². The average molecular weight is 146 g/mol. The minimum Gasteiger partial charge on any atom is -0.382 e. The molecule has 0 aliphatic heterocycles. The Bertz CT molecular complexity index is 231. The number of nitrogen functional groups attached to an aromatic ring is 1. The summed E-state index contributed by atoms with van der Waals surface area (Å²) in [6.07, 6.45) is 1.31. The van der Waals surface area contributed by atoms with Gasteiger partial charge in [-0.15, -0.1) is 0 Å². The molecular weight excluding hydrogens is 142 g/mol. The molecule has 0 saturated heterocycles. The predicted octanol–water partition coefficient (Wildman–Crippen LogP) is 0.371. The molecule has 0 atom stereocenters. The lowest BCUT2D eigenvalue weighted by Crippen LogP contribution is -1.95. The van der Waals surface area contributed by atoms with E-state index in [1.807, 2.05) is 0 Å². The van der Waals surface area contributed by atoms with Crippen molar-refractivity contribution in [1.82, 2.24) is 9.97 Å². The molecule has 3 N–H and O–H groups in total. The van der Waals surface area contributed by atoms with Crippen LogP contribution in [0, 0.1) is 0 Å². The Morgan fingerprint density at radius 2 is 2.56 bits per heavy atom. The fourth-order valence-electron chi connectivity index (χ4n) is 0.462. The number of nitrogens with zero attached hydrogens (tertiary/aromatic N) is 1. The number of anilines is 1. The molecule has 1 aromatic rings. The monoisotopic (exact) mass is 145 g/mol. The van der Waals surface area contributed by atoms with Gasteiger partial charge in [-0.25, -0.2) is 4.98 Å². The van der Waals surface area contributed by atoms with Crippen molar-refractivity contribution in [2.75, 3.05) is 5.73 Å². The number of imidazole rings is 1. The SMILES string of the molecule is Nc1nc[nH]c1C(=O)Cl. The summed E-state index contributed by atoms with van der Waals surface area (Å²) in [6.45, 7) is 0. The first-order valence-electron chi connectivity index (χ1n) is 2.20. The first kappa shape index (κ1) is 6.10. The van der Waals surface area contributed by atoms with E-state index in [-0.39, 0.29) is 11.5 Å². The molecule has 0 aromatic carbocycles. The van der Waals surface area contributed by atoms with Crippen LogP contribution in [0.15, 0.2) is 6.33 Å². The van der Waals surface area contributed by atoms with Gasteiger partial charge in [0.1, 0.15) is 5.69 Å². The van der Waals surface area contributed by atoms with Crippen molar-refractivity contribution in [3.8, 4) is 0 Å².